The Labute approximate surface area is 225 Å². The topological polar surface area (TPSA) is 113 Å². The van der Waals surface area contributed by atoms with Crippen LogP contribution in [0.5, 0.6) is 0 Å². The number of benzene rings is 2. The second-order valence-corrected chi connectivity index (χ2v) is 11.9. The van der Waals surface area contributed by atoms with Gasteiger partial charge in [0.1, 0.15) is 4.90 Å². The van der Waals surface area contributed by atoms with E-state index in [0.717, 1.165) is 5.56 Å². The molecule has 0 aromatic heterocycles. The summed E-state index contributed by atoms with van der Waals surface area (Å²) in [4.78, 5) is 39.1. The van der Waals surface area contributed by atoms with Gasteiger partial charge >= 0.3 is 5.97 Å². The van der Waals surface area contributed by atoms with E-state index in [0.29, 0.717) is 53.8 Å². The predicted octanol–water partition coefficient (Wildman–Crippen LogP) is 3.96. The molecular formula is C26H30BrN3O6S. The molecule has 0 saturated carbocycles. The SMILES string of the molecule is CCOC(=O)c1ccc(NC(=O)C2CCCN(S(=O)(=O)c3cc(Br)cc4c3N(C(=O)CC)CC4)C2)cc1. The number of amides is 2. The molecule has 0 aliphatic carbocycles. The minimum atomic E-state index is -3.97. The molecule has 4 rings (SSSR count). The zero-order valence-corrected chi connectivity index (χ0v) is 23.2. The van der Waals surface area contributed by atoms with Crippen LogP contribution in [0.3, 0.4) is 0 Å². The highest BCUT2D eigenvalue weighted by atomic mass is 79.9. The third kappa shape index (κ3) is 5.73. The number of ether oxygens (including phenoxy) is 1. The van der Waals surface area contributed by atoms with Crippen LogP contribution < -0.4 is 10.2 Å². The van der Waals surface area contributed by atoms with Gasteiger partial charge in [-0.1, -0.05) is 22.9 Å². The fourth-order valence-electron chi connectivity index (χ4n) is 4.77. The summed E-state index contributed by atoms with van der Waals surface area (Å²) in [6.45, 7) is 4.53. The summed E-state index contributed by atoms with van der Waals surface area (Å²) in [6, 6.07) is 9.78. The van der Waals surface area contributed by atoms with Crippen molar-refractivity contribution in [2.45, 2.75) is 44.4 Å². The van der Waals surface area contributed by atoms with Crippen LogP contribution in [0.4, 0.5) is 11.4 Å². The molecule has 0 radical (unpaired) electrons. The van der Waals surface area contributed by atoms with Gasteiger partial charge in [0.25, 0.3) is 0 Å². The van der Waals surface area contributed by atoms with Crippen molar-refractivity contribution in [3.05, 3.63) is 52.0 Å². The van der Waals surface area contributed by atoms with E-state index in [1.54, 1.807) is 49.1 Å². The van der Waals surface area contributed by atoms with Crippen molar-refractivity contribution in [3.8, 4) is 0 Å². The van der Waals surface area contributed by atoms with E-state index in [-0.39, 0.29) is 36.3 Å². The van der Waals surface area contributed by atoms with Gasteiger partial charge in [0.2, 0.25) is 21.8 Å². The minimum Gasteiger partial charge on any atom is -0.462 e. The number of anilines is 2. The maximum atomic E-state index is 13.8. The Hall–Kier alpha value is -2.76. The molecule has 0 spiro atoms. The normalized spacial score (nSPS) is 17.8. The number of sulfonamides is 1. The van der Waals surface area contributed by atoms with Gasteiger partial charge in [-0.25, -0.2) is 13.2 Å². The standard InChI is InChI=1S/C26H30BrN3O6S/c1-3-23(31)30-13-11-18-14-20(27)15-22(24(18)30)37(34,35)29-12-5-6-19(16-29)25(32)28-21-9-7-17(8-10-21)26(33)36-4-2/h7-10,14-15,19H,3-6,11-13,16H2,1-2H3,(H,28,32). The van der Waals surface area contributed by atoms with Gasteiger partial charge in [-0.05, 0) is 68.1 Å². The van der Waals surface area contributed by atoms with Crippen LogP contribution in [0.2, 0.25) is 0 Å². The molecule has 1 fully saturated rings. The second kappa shape index (κ2) is 11.3. The Morgan fingerprint density at radius 2 is 1.84 bits per heavy atom. The lowest BCUT2D eigenvalue weighted by molar-refractivity contribution is -0.121. The molecule has 1 atom stereocenters. The lowest BCUT2D eigenvalue weighted by atomic mass is 9.98. The van der Waals surface area contributed by atoms with Crippen molar-refractivity contribution in [3.63, 3.8) is 0 Å². The molecular weight excluding hydrogens is 562 g/mol. The summed E-state index contributed by atoms with van der Waals surface area (Å²) >= 11 is 3.42. The Morgan fingerprint density at radius 3 is 2.51 bits per heavy atom. The number of carbonyl (C=O) groups excluding carboxylic acids is 3. The summed E-state index contributed by atoms with van der Waals surface area (Å²) in [5, 5.41) is 2.83. The molecule has 37 heavy (non-hydrogen) atoms. The summed E-state index contributed by atoms with van der Waals surface area (Å²) in [6.07, 6.45) is 1.95. The zero-order chi connectivity index (χ0) is 26.7. The number of nitrogens with zero attached hydrogens (tertiary/aromatic N) is 2. The molecule has 198 valence electrons. The van der Waals surface area contributed by atoms with Gasteiger partial charge in [-0.2, -0.15) is 4.31 Å². The van der Waals surface area contributed by atoms with Crippen molar-refractivity contribution in [2.75, 3.05) is 36.5 Å². The average molecular weight is 593 g/mol. The third-order valence-corrected chi connectivity index (χ3v) is 8.97. The van der Waals surface area contributed by atoms with Gasteiger partial charge in [-0.15, -0.1) is 0 Å². The van der Waals surface area contributed by atoms with Gasteiger partial charge in [0.05, 0.1) is 23.8 Å². The van der Waals surface area contributed by atoms with E-state index in [1.165, 1.54) is 4.31 Å². The molecule has 2 heterocycles. The Bertz CT molecular complexity index is 1310. The van der Waals surface area contributed by atoms with Crippen LogP contribution in [0.15, 0.2) is 45.8 Å². The third-order valence-electron chi connectivity index (χ3n) is 6.63. The highest BCUT2D eigenvalue weighted by Crippen LogP contribution is 2.40. The number of halogens is 1. The van der Waals surface area contributed by atoms with Crippen LogP contribution in [-0.4, -0.2) is 56.7 Å². The first-order valence-electron chi connectivity index (χ1n) is 12.4. The van der Waals surface area contributed by atoms with Crippen molar-refractivity contribution < 1.29 is 27.5 Å². The minimum absolute atomic E-state index is 0.0398. The molecule has 9 nitrogen and oxygen atoms in total. The van der Waals surface area contributed by atoms with Crippen LogP contribution in [0.25, 0.3) is 0 Å². The monoisotopic (exact) mass is 591 g/mol. The molecule has 1 unspecified atom stereocenters. The van der Waals surface area contributed by atoms with E-state index in [1.807, 2.05) is 6.07 Å². The molecule has 2 aliphatic rings. The van der Waals surface area contributed by atoms with Gasteiger partial charge in [-0.3, -0.25) is 9.59 Å². The average Bonchev–Trinajstić information content (AvgIpc) is 3.32. The summed E-state index contributed by atoms with van der Waals surface area (Å²) < 4.78 is 34.6. The number of nitrogens with one attached hydrogen (secondary N) is 1. The van der Waals surface area contributed by atoms with E-state index in [2.05, 4.69) is 21.2 Å². The number of rotatable bonds is 7. The Morgan fingerprint density at radius 1 is 1.11 bits per heavy atom. The number of hydrogen-bond acceptors (Lipinski definition) is 6. The van der Waals surface area contributed by atoms with Crippen molar-refractivity contribution in [2.24, 2.45) is 5.92 Å². The molecule has 11 heteroatoms. The fourth-order valence-corrected chi connectivity index (χ4v) is 7.21. The predicted molar refractivity (Wildman–Crippen MR) is 143 cm³/mol. The van der Waals surface area contributed by atoms with Crippen LogP contribution in [0.1, 0.15) is 49.0 Å². The van der Waals surface area contributed by atoms with Crippen molar-refractivity contribution >= 4 is 55.1 Å². The van der Waals surface area contributed by atoms with Crippen LogP contribution >= 0.6 is 15.9 Å². The maximum absolute atomic E-state index is 13.8. The fraction of sp³-hybridized carbons (Fsp3) is 0.423. The van der Waals surface area contributed by atoms with Gasteiger partial charge < -0.3 is 15.0 Å². The highest BCUT2D eigenvalue weighted by Gasteiger charge is 2.38. The Balaban J connectivity index is 1.52. The number of piperidine rings is 1. The molecule has 0 bridgehead atoms. The first kappa shape index (κ1) is 27.3. The lowest BCUT2D eigenvalue weighted by Gasteiger charge is -2.32. The molecule has 2 amide bonds. The summed E-state index contributed by atoms with van der Waals surface area (Å²) in [5.41, 5.74) is 2.15. The number of carbonyl (C=O) groups is 3. The summed E-state index contributed by atoms with van der Waals surface area (Å²) in [5.74, 6) is -1.39. The summed E-state index contributed by atoms with van der Waals surface area (Å²) in [7, 11) is -3.97. The molecule has 2 aromatic rings. The molecule has 2 aromatic carbocycles. The van der Waals surface area contributed by atoms with Gasteiger partial charge in [0.15, 0.2) is 0 Å². The second-order valence-electron chi connectivity index (χ2n) is 9.05. The van der Waals surface area contributed by atoms with Crippen LogP contribution in [0, 0.1) is 5.92 Å². The van der Waals surface area contributed by atoms with E-state index in [4.69, 9.17) is 4.74 Å². The molecule has 1 N–H and O–H groups in total. The molecule has 2 aliphatic heterocycles. The van der Waals surface area contributed by atoms with E-state index >= 15 is 0 Å². The van der Waals surface area contributed by atoms with Gasteiger partial charge in [0, 0.05) is 36.2 Å². The first-order chi connectivity index (χ1) is 17.6. The maximum Gasteiger partial charge on any atom is 0.338 e. The highest BCUT2D eigenvalue weighted by molar-refractivity contribution is 9.10. The zero-order valence-electron chi connectivity index (χ0n) is 20.8. The Kier molecular flexibility index (Phi) is 8.35. The lowest BCUT2D eigenvalue weighted by Crippen LogP contribution is -2.44. The number of hydrogen-bond donors (Lipinski definition) is 1. The first-order valence-corrected chi connectivity index (χ1v) is 14.6. The number of fused-ring (bicyclic) bond motifs is 1. The van der Waals surface area contributed by atoms with Crippen molar-refractivity contribution in [1.29, 1.82) is 0 Å². The largest absolute Gasteiger partial charge is 0.462 e. The quantitative estimate of drug-likeness (QED) is 0.487. The van der Waals surface area contributed by atoms with Crippen LogP contribution in [-0.2, 0) is 30.8 Å². The van der Waals surface area contributed by atoms with E-state index in [9.17, 15) is 22.8 Å². The smallest absolute Gasteiger partial charge is 0.338 e. The number of esters is 1. The molecule has 1 saturated heterocycles. The van der Waals surface area contributed by atoms with E-state index < -0.39 is 21.9 Å². The van der Waals surface area contributed by atoms with Crippen molar-refractivity contribution in [1.82, 2.24) is 4.31 Å².